The molecular formula is C18H19ClN4O2. The molecule has 0 fully saturated rings. The van der Waals surface area contributed by atoms with Crippen LogP contribution in [0.15, 0.2) is 66.2 Å². The maximum Gasteiger partial charge on any atom is 0.269 e. The van der Waals surface area contributed by atoms with Crippen LogP contribution in [-0.2, 0) is 13.1 Å². The highest BCUT2D eigenvalue weighted by molar-refractivity contribution is 6.31. The monoisotopic (exact) mass is 358 g/mol. The topological polar surface area (TPSA) is 79.6 Å². The number of benzene rings is 2. The van der Waals surface area contributed by atoms with Crippen molar-refractivity contribution >= 4 is 23.2 Å². The average Bonchev–Trinajstić information content (AvgIpc) is 2.62. The minimum absolute atomic E-state index is 0.0644. The Bertz CT molecular complexity index is 760. The molecule has 0 radical (unpaired) electrons. The Kier molecular flexibility index (Phi) is 6.98. The van der Waals surface area contributed by atoms with E-state index < -0.39 is 4.92 Å². The van der Waals surface area contributed by atoms with Crippen LogP contribution in [0.3, 0.4) is 0 Å². The molecule has 0 saturated heterocycles. The number of hydrogen-bond donors (Lipinski definition) is 2. The van der Waals surface area contributed by atoms with Crippen molar-refractivity contribution in [1.82, 2.24) is 10.6 Å². The van der Waals surface area contributed by atoms with Gasteiger partial charge in [0.1, 0.15) is 0 Å². The van der Waals surface area contributed by atoms with Crippen molar-refractivity contribution < 1.29 is 4.92 Å². The summed E-state index contributed by atoms with van der Waals surface area (Å²) in [4.78, 5) is 14.7. The largest absolute Gasteiger partial charge is 0.353 e. The number of rotatable bonds is 7. The Balaban J connectivity index is 2.02. The maximum absolute atomic E-state index is 10.7. The number of nitro benzene ring substituents is 1. The fourth-order valence-corrected chi connectivity index (χ4v) is 2.26. The summed E-state index contributed by atoms with van der Waals surface area (Å²) in [6, 6.07) is 13.9. The zero-order valence-corrected chi connectivity index (χ0v) is 14.4. The van der Waals surface area contributed by atoms with Gasteiger partial charge in [-0.1, -0.05) is 48.0 Å². The average molecular weight is 359 g/mol. The summed E-state index contributed by atoms with van der Waals surface area (Å²) in [6.45, 7) is 5.17. The van der Waals surface area contributed by atoms with E-state index in [1.165, 1.54) is 12.1 Å². The molecule has 0 spiro atoms. The van der Waals surface area contributed by atoms with Crippen molar-refractivity contribution in [3.63, 3.8) is 0 Å². The predicted molar refractivity (Wildman–Crippen MR) is 101 cm³/mol. The van der Waals surface area contributed by atoms with Crippen LogP contribution >= 0.6 is 11.6 Å². The van der Waals surface area contributed by atoms with Crippen molar-refractivity contribution in [3.8, 4) is 0 Å². The summed E-state index contributed by atoms with van der Waals surface area (Å²) in [5, 5.41) is 17.7. The van der Waals surface area contributed by atoms with Crippen molar-refractivity contribution in [2.45, 2.75) is 13.1 Å². The number of nitro groups is 1. The Morgan fingerprint density at radius 1 is 1.20 bits per heavy atom. The van der Waals surface area contributed by atoms with Crippen LogP contribution in [-0.4, -0.2) is 17.4 Å². The minimum atomic E-state index is -0.421. The van der Waals surface area contributed by atoms with Gasteiger partial charge in [-0.2, -0.15) is 0 Å². The van der Waals surface area contributed by atoms with Gasteiger partial charge in [0.25, 0.3) is 5.69 Å². The zero-order chi connectivity index (χ0) is 18.1. The molecule has 0 unspecified atom stereocenters. The lowest BCUT2D eigenvalue weighted by atomic mass is 10.2. The van der Waals surface area contributed by atoms with Crippen molar-refractivity contribution in [3.05, 3.63) is 87.4 Å². The van der Waals surface area contributed by atoms with Gasteiger partial charge in [-0.15, -0.1) is 6.58 Å². The summed E-state index contributed by atoms with van der Waals surface area (Å²) in [6.07, 6.45) is 1.73. The number of nitrogens with zero attached hydrogens (tertiary/aromatic N) is 2. The van der Waals surface area contributed by atoms with Crippen LogP contribution in [0.5, 0.6) is 0 Å². The van der Waals surface area contributed by atoms with Crippen LogP contribution in [0.2, 0.25) is 5.02 Å². The van der Waals surface area contributed by atoms with Crippen LogP contribution in [0.4, 0.5) is 5.69 Å². The first-order chi connectivity index (χ1) is 12.1. The standard InChI is InChI=1S/C18H19ClN4O2/c1-2-11-20-18(22-13-15-5-3-4-6-17(15)19)21-12-14-7-9-16(10-8-14)23(24)25/h2-10H,1,11-13H2,(H2,20,21,22). The van der Waals surface area contributed by atoms with Gasteiger partial charge in [0.15, 0.2) is 5.96 Å². The molecule has 2 aromatic carbocycles. The second-order valence-corrected chi connectivity index (χ2v) is 5.61. The Morgan fingerprint density at radius 2 is 1.92 bits per heavy atom. The molecule has 0 aliphatic carbocycles. The Labute approximate surface area is 151 Å². The molecule has 0 aromatic heterocycles. The highest BCUT2D eigenvalue weighted by Gasteiger charge is 2.05. The number of aliphatic imine (C=N–C) groups is 1. The van der Waals surface area contributed by atoms with E-state index in [9.17, 15) is 10.1 Å². The lowest BCUT2D eigenvalue weighted by Crippen LogP contribution is -2.37. The first kappa shape index (κ1) is 18.5. The van der Waals surface area contributed by atoms with E-state index in [-0.39, 0.29) is 5.69 Å². The second-order valence-electron chi connectivity index (χ2n) is 5.20. The van der Waals surface area contributed by atoms with E-state index in [0.29, 0.717) is 30.6 Å². The fourth-order valence-electron chi connectivity index (χ4n) is 2.06. The SMILES string of the molecule is C=CCNC(=NCc1ccc([N+](=O)[O-])cc1)NCc1ccccc1Cl. The molecule has 2 rings (SSSR count). The van der Waals surface area contributed by atoms with Gasteiger partial charge in [0.05, 0.1) is 11.5 Å². The van der Waals surface area contributed by atoms with Gasteiger partial charge in [0, 0.05) is 30.2 Å². The van der Waals surface area contributed by atoms with Gasteiger partial charge in [-0.05, 0) is 17.2 Å². The molecular weight excluding hydrogens is 340 g/mol. The molecule has 0 aliphatic heterocycles. The normalized spacial score (nSPS) is 11.0. The predicted octanol–water partition coefficient (Wildman–Crippen LogP) is 3.67. The first-order valence-electron chi connectivity index (χ1n) is 7.70. The lowest BCUT2D eigenvalue weighted by Gasteiger charge is -2.12. The summed E-state index contributed by atoms with van der Waals surface area (Å²) < 4.78 is 0. The van der Waals surface area contributed by atoms with E-state index >= 15 is 0 Å². The van der Waals surface area contributed by atoms with E-state index in [4.69, 9.17) is 11.6 Å². The molecule has 2 N–H and O–H groups in total. The van der Waals surface area contributed by atoms with Crippen molar-refractivity contribution in [1.29, 1.82) is 0 Å². The molecule has 0 heterocycles. The van der Waals surface area contributed by atoms with E-state index in [0.717, 1.165) is 11.1 Å². The van der Waals surface area contributed by atoms with Gasteiger partial charge in [-0.25, -0.2) is 4.99 Å². The summed E-state index contributed by atoms with van der Waals surface area (Å²) in [5.41, 5.74) is 1.91. The Hall–Kier alpha value is -2.86. The molecule has 0 atom stereocenters. The lowest BCUT2D eigenvalue weighted by molar-refractivity contribution is -0.384. The van der Waals surface area contributed by atoms with Crippen LogP contribution in [0.25, 0.3) is 0 Å². The molecule has 25 heavy (non-hydrogen) atoms. The highest BCUT2D eigenvalue weighted by atomic mass is 35.5. The molecule has 6 nitrogen and oxygen atoms in total. The van der Waals surface area contributed by atoms with Gasteiger partial charge >= 0.3 is 0 Å². The zero-order valence-electron chi connectivity index (χ0n) is 13.6. The highest BCUT2D eigenvalue weighted by Crippen LogP contribution is 2.14. The number of non-ortho nitro benzene ring substituents is 1. The maximum atomic E-state index is 10.7. The summed E-state index contributed by atoms with van der Waals surface area (Å²) in [5.74, 6) is 0.609. The molecule has 0 bridgehead atoms. The third-order valence-corrected chi connectivity index (χ3v) is 3.75. The number of guanidine groups is 1. The molecule has 130 valence electrons. The van der Waals surface area contributed by atoms with Crippen LogP contribution in [0, 0.1) is 10.1 Å². The van der Waals surface area contributed by atoms with Gasteiger partial charge in [0.2, 0.25) is 0 Å². The number of halogens is 1. The van der Waals surface area contributed by atoms with E-state index in [1.807, 2.05) is 24.3 Å². The molecule has 0 saturated carbocycles. The number of nitrogens with one attached hydrogen (secondary N) is 2. The van der Waals surface area contributed by atoms with E-state index in [2.05, 4.69) is 22.2 Å². The van der Waals surface area contributed by atoms with Crippen LogP contribution in [0.1, 0.15) is 11.1 Å². The molecule has 2 aromatic rings. The van der Waals surface area contributed by atoms with Crippen molar-refractivity contribution in [2.75, 3.05) is 6.54 Å². The van der Waals surface area contributed by atoms with E-state index in [1.54, 1.807) is 18.2 Å². The molecule has 7 heteroatoms. The third kappa shape index (κ3) is 5.93. The number of hydrogen-bond acceptors (Lipinski definition) is 3. The van der Waals surface area contributed by atoms with Crippen molar-refractivity contribution in [2.24, 2.45) is 4.99 Å². The summed E-state index contributed by atoms with van der Waals surface area (Å²) in [7, 11) is 0. The molecule has 0 aliphatic rings. The minimum Gasteiger partial charge on any atom is -0.353 e. The third-order valence-electron chi connectivity index (χ3n) is 3.38. The Morgan fingerprint density at radius 3 is 2.56 bits per heavy atom. The van der Waals surface area contributed by atoms with Gasteiger partial charge in [-0.3, -0.25) is 10.1 Å². The fraction of sp³-hybridized carbons (Fsp3) is 0.167. The smallest absolute Gasteiger partial charge is 0.269 e. The quantitative estimate of drug-likeness (QED) is 0.260. The van der Waals surface area contributed by atoms with Gasteiger partial charge < -0.3 is 10.6 Å². The summed E-state index contributed by atoms with van der Waals surface area (Å²) >= 11 is 6.15. The second kappa shape index (κ2) is 9.44. The first-order valence-corrected chi connectivity index (χ1v) is 8.07. The molecule has 0 amide bonds. The van der Waals surface area contributed by atoms with Crippen LogP contribution < -0.4 is 10.6 Å².